The third-order valence-corrected chi connectivity index (χ3v) is 5.92. The summed E-state index contributed by atoms with van der Waals surface area (Å²) in [4.78, 5) is 8.53. The van der Waals surface area contributed by atoms with Gasteiger partial charge in [-0.15, -0.1) is 0 Å². The second-order valence-corrected chi connectivity index (χ2v) is 7.68. The van der Waals surface area contributed by atoms with Crippen LogP contribution in [0.3, 0.4) is 0 Å². The van der Waals surface area contributed by atoms with Crippen LogP contribution < -0.4 is 5.73 Å². The Balaban J connectivity index is 2.06. The molecule has 1 aromatic carbocycles. The topological polar surface area (TPSA) is 59.6 Å². The zero-order chi connectivity index (χ0) is 17.4. The minimum Gasteiger partial charge on any atom is -0.375 e. The van der Waals surface area contributed by atoms with Crippen LogP contribution in [0, 0.1) is 11.7 Å². The Morgan fingerprint density at radius 3 is 2.71 bits per heavy atom. The zero-order valence-corrected chi connectivity index (χ0v) is 16.3. The van der Waals surface area contributed by atoms with E-state index in [1.807, 2.05) is 35.9 Å². The van der Waals surface area contributed by atoms with Gasteiger partial charge in [0.05, 0.1) is 32.4 Å². The van der Waals surface area contributed by atoms with Crippen molar-refractivity contribution in [3.05, 3.63) is 50.5 Å². The second kappa shape index (κ2) is 6.88. The van der Waals surface area contributed by atoms with E-state index in [9.17, 15) is 0 Å². The predicted octanol–water partition coefficient (Wildman–Crippen LogP) is 5.87. The van der Waals surface area contributed by atoms with Crippen LogP contribution in [0.1, 0.15) is 30.6 Å². The molecule has 1 atom stereocenters. The SMILES string of the molecule is CCC(c1ccc(Cl)c(Cl)c1)n1cc(-c2sc(N)nc2C)[nH]c1=S. The summed E-state index contributed by atoms with van der Waals surface area (Å²) in [6, 6.07) is 5.75. The highest BCUT2D eigenvalue weighted by Crippen LogP contribution is 2.33. The maximum atomic E-state index is 6.17. The molecule has 24 heavy (non-hydrogen) atoms. The maximum absolute atomic E-state index is 6.17. The molecule has 8 heteroatoms. The number of anilines is 1. The average molecular weight is 399 g/mol. The van der Waals surface area contributed by atoms with E-state index < -0.39 is 0 Å². The van der Waals surface area contributed by atoms with E-state index in [4.69, 9.17) is 41.2 Å². The molecule has 0 aliphatic carbocycles. The number of nitrogen functional groups attached to an aromatic ring is 1. The molecular formula is C16H16Cl2N4S2. The van der Waals surface area contributed by atoms with E-state index in [1.54, 1.807) is 0 Å². The number of benzene rings is 1. The number of aromatic nitrogens is 3. The number of hydrogen-bond donors (Lipinski definition) is 2. The number of rotatable bonds is 4. The molecule has 2 aromatic heterocycles. The summed E-state index contributed by atoms with van der Waals surface area (Å²) in [6.07, 6.45) is 2.88. The summed E-state index contributed by atoms with van der Waals surface area (Å²) in [5.74, 6) is 0. The minimum absolute atomic E-state index is 0.0721. The fraction of sp³-hybridized carbons (Fsp3) is 0.250. The van der Waals surface area contributed by atoms with E-state index in [-0.39, 0.29) is 6.04 Å². The highest BCUT2D eigenvalue weighted by molar-refractivity contribution is 7.71. The van der Waals surface area contributed by atoms with Gasteiger partial charge in [0, 0.05) is 6.20 Å². The number of H-pyrrole nitrogens is 1. The van der Waals surface area contributed by atoms with Crippen molar-refractivity contribution in [3.8, 4) is 10.6 Å². The molecule has 0 spiro atoms. The van der Waals surface area contributed by atoms with E-state index in [1.165, 1.54) is 11.3 Å². The molecule has 0 radical (unpaired) electrons. The van der Waals surface area contributed by atoms with Gasteiger partial charge in [0.2, 0.25) is 0 Å². The number of nitrogens with two attached hydrogens (primary N) is 1. The fourth-order valence-corrected chi connectivity index (χ4v) is 4.13. The van der Waals surface area contributed by atoms with Crippen molar-refractivity contribution in [2.75, 3.05) is 5.73 Å². The van der Waals surface area contributed by atoms with Gasteiger partial charge >= 0.3 is 0 Å². The number of nitrogens with one attached hydrogen (secondary N) is 1. The lowest BCUT2D eigenvalue weighted by Gasteiger charge is -2.17. The van der Waals surface area contributed by atoms with Crippen molar-refractivity contribution in [2.45, 2.75) is 26.3 Å². The molecule has 0 fully saturated rings. The second-order valence-electron chi connectivity index (χ2n) is 5.44. The standard InChI is InChI=1S/C16H16Cl2N4S2/c1-3-13(9-4-5-10(17)11(18)6-9)22-7-12(21-16(22)23)14-8(2)20-15(19)24-14/h4-7,13H,3H2,1-2H3,(H2,19,20)(H,21,23). The first-order chi connectivity index (χ1) is 11.4. The zero-order valence-electron chi connectivity index (χ0n) is 13.1. The Labute approximate surface area is 159 Å². The molecule has 3 rings (SSSR count). The van der Waals surface area contributed by atoms with Crippen LogP contribution in [-0.2, 0) is 0 Å². The lowest BCUT2D eigenvalue weighted by molar-refractivity contribution is 0.560. The molecule has 126 valence electrons. The highest BCUT2D eigenvalue weighted by atomic mass is 35.5. The normalized spacial score (nSPS) is 12.5. The Bertz CT molecular complexity index is 942. The van der Waals surface area contributed by atoms with Crippen molar-refractivity contribution in [1.82, 2.24) is 14.5 Å². The van der Waals surface area contributed by atoms with Crippen molar-refractivity contribution >= 4 is 51.9 Å². The van der Waals surface area contributed by atoms with Crippen molar-refractivity contribution in [1.29, 1.82) is 0 Å². The van der Waals surface area contributed by atoms with E-state index in [0.29, 0.717) is 19.9 Å². The van der Waals surface area contributed by atoms with E-state index in [0.717, 1.165) is 28.2 Å². The number of aryl methyl sites for hydroxylation is 1. The maximum Gasteiger partial charge on any atom is 0.180 e. The molecule has 0 aliphatic rings. The third-order valence-electron chi connectivity index (χ3n) is 3.85. The van der Waals surface area contributed by atoms with Crippen molar-refractivity contribution in [3.63, 3.8) is 0 Å². The van der Waals surface area contributed by atoms with Gasteiger partial charge in [0.1, 0.15) is 0 Å². The molecule has 4 nitrogen and oxygen atoms in total. The number of thiazole rings is 1. The van der Waals surface area contributed by atoms with Crippen LogP contribution >= 0.6 is 46.8 Å². The average Bonchev–Trinajstić information content (AvgIpc) is 3.06. The molecule has 0 saturated heterocycles. The fourth-order valence-electron chi connectivity index (χ4n) is 2.74. The largest absolute Gasteiger partial charge is 0.375 e. The molecule has 0 saturated carbocycles. The predicted molar refractivity (Wildman–Crippen MR) is 105 cm³/mol. The van der Waals surface area contributed by atoms with Gasteiger partial charge < -0.3 is 15.3 Å². The van der Waals surface area contributed by atoms with Crippen LogP contribution in [0.2, 0.25) is 10.0 Å². The number of nitrogens with zero attached hydrogens (tertiary/aromatic N) is 2. The quantitative estimate of drug-likeness (QED) is 0.540. The van der Waals surface area contributed by atoms with E-state index in [2.05, 4.69) is 16.9 Å². The summed E-state index contributed by atoms with van der Waals surface area (Å²) in [7, 11) is 0. The molecule has 3 N–H and O–H groups in total. The Morgan fingerprint density at radius 2 is 2.12 bits per heavy atom. The third kappa shape index (κ3) is 3.24. The molecule has 1 unspecified atom stereocenters. The van der Waals surface area contributed by atoms with Gasteiger partial charge in [0.25, 0.3) is 0 Å². The van der Waals surface area contributed by atoms with Crippen LogP contribution in [0.4, 0.5) is 5.13 Å². The van der Waals surface area contributed by atoms with Gasteiger partial charge in [0.15, 0.2) is 9.90 Å². The van der Waals surface area contributed by atoms with Crippen LogP contribution in [0.15, 0.2) is 24.4 Å². The smallest absolute Gasteiger partial charge is 0.180 e. The summed E-state index contributed by atoms with van der Waals surface area (Å²) in [6.45, 7) is 4.05. The van der Waals surface area contributed by atoms with E-state index >= 15 is 0 Å². The summed E-state index contributed by atoms with van der Waals surface area (Å²) in [5, 5.41) is 1.64. The molecule has 2 heterocycles. The van der Waals surface area contributed by atoms with Gasteiger partial charge in [-0.1, -0.05) is 47.5 Å². The number of imidazole rings is 1. The van der Waals surface area contributed by atoms with Gasteiger partial charge in [-0.2, -0.15) is 0 Å². The number of hydrogen-bond acceptors (Lipinski definition) is 4. The van der Waals surface area contributed by atoms with Gasteiger partial charge in [-0.05, 0) is 43.3 Å². The first-order valence-corrected chi connectivity index (χ1v) is 9.38. The minimum atomic E-state index is 0.0721. The Morgan fingerprint density at radius 1 is 1.38 bits per heavy atom. The summed E-state index contributed by atoms with van der Waals surface area (Å²) >= 11 is 19.2. The monoisotopic (exact) mass is 398 g/mol. The van der Waals surface area contributed by atoms with Gasteiger partial charge in [-0.3, -0.25) is 0 Å². The van der Waals surface area contributed by atoms with Crippen LogP contribution in [0.5, 0.6) is 0 Å². The van der Waals surface area contributed by atoms with Crippen LogP contribution in [0.25, 0.3) is 10.6 Å². The Hall–Kier alpha value is -1.34. The summed E-state index contributed by atoms with van der Waals surface area (Å²) in [5.41, 5.74) is 8.68. The summed E-state index contributed by atoms with van der Waals surface area (Å²) < 4.78 is 2.69. The Kier molecular flexibility index (Phi) is 5.01. The molecule has 0 aliphatic heterocycles. The molecular weight excluding hydrogens is 383 g/mol. The van der Waals surface area contributed by atoms with Crippen molar-refractivity contribution < 1.29 is 0 Å². The molecule has 0 amide bonds. The van der Waals surface area contributed by atoms with Crippen LogP contribution in [-0.4, -0.2) is 14.5 Å². The van der Waals surface area contributed by atoms with Crippen molar-refractivity contribution in [2.24, 2.45) is 0 Å². The first-order valence-electron chi connectivity index (χ1n) is 7.40. The van der Waals surface area contributed by atoms with Gasteiger partial charge in [-0.25, -0.2) is 4.98 Å². The molecule has 3 aromatic rings. The molecule has 0 bridgehead atoms. The highest BCUT2D eigenvalue weighted by Gasteiger charge is 2.17. The number of aromatic amines is 1. The number of halogens is 2. The lowest BCUT2D eigenvalue weighted by atomic mass is 10.0. The lowest BCUT2D eigenvalue weighted by Crippen LogP contribution is -2.08. The first kappa shape index (κ1) is 17.5.